The van der Waals surface area contributed by atoms with Gasteiger partial charge in [-0.15, -0.1) is 0 Å². The second-order valence-corrected chi connectivity index (χ2v) is 5.55. The van der Waals surface area contributed by atoms with Crippen LogP contribution in [0.5, 0.6) is 0 Å². The molecule has 1 aromatic rings. The fourth-order valence-corrected chi connectivity index (χ4v) is 2.75. The van der Waals surface area contributed by atoms with Gasteiger partial charge in [-0.25, -0.2) is 4.79 Å². The summed E-state index contributed by atoms with van der Waals surface area (Å²) < 4.78 is 10.4. The number of hydrogen-bond donors (Lipinski definition) is 1. The van der Waals surface area contributed by atoms with Gasteiger partial charge < -0.3 is 14.8 Å². The van der Waals surface area contributed by atoms with Gasteiger partial charge in [-0.2, -0.15) is 0 Å². The van der Waals surface area contributed by atoms with Crippen molar-refractivity contribution < 1.29 is 19.1 Å². The lowest BCUT2D eigenvalue weighted by atomic mass is 10.1. The van der Waals surface area contributed by atoms with Crippen LogP contribution in [0.1, 0.15) is 24.8 Å². The van der Waals surface area contributed by atoms with Crippen molar-refractivity contribution in [1.29, 1.82) is 0 Å². The van der Waals surface area contributed by atoms with Crippen molar-refractivity contribution in [3.63, 3.8) is 0 Å². The summed E-state index contributed by atoms with van der Waals surface area (Å²) in [6, 6.07) is 7.57. The zero-order valence-electron chi connectivity index (χ0n) is 12.4. The van der Waals surface area contributed by atoms with E-state index in [1.54, 1.807) is 4.90 Å². The van der Waals surface area contributed by atoms with Crippen LogP contribution >= 0.6 is 0 Å². The minimum absolute atomic E-state index is 0.00196. The molecule has 0 aromatic heterocycles. The molecule has 0 spiro atoms. The van der Waals surface area contributed by atoms with E-state index in [9.17, 15) is 9.59 Å². The topological polar surface area (TPSA) is 67.9 Å². The highest BCUT2D eigenvalue weighted by Gasteiger charge is 2.23. The molecule has 2 aliphatic rings. The highest BCUT2D eigenvalue weighted by atomic mass is 16.6. The van der Waals surface area contributed by atoms with E-state index < -0.39 is 0 Å². The van der Waals surface area contributed by atoms with E-state index in [1.165, 1.54) is 0 Å². The third-order valence-electron chi connectivity index (χ3n) is 3.91. The molecule has 6 nitrogen and oxygen atoms in total. The van der Waals surface area contributed by atoms with E-state index in [-0.39, 0.29) is 18.1 Å². The summed E-state index contributed by atoms with van der Waals surface area (Å²) in [4.78, 5) is 25.1. The molecule has 2 amide bonds. The van der Waals surface area contributed by atoms with Crippen LogP contribution in [0.4, 0.5) is 10.5 Å². The third-order valence-corrected chi connectivity index (χ3v) is 3.91. The molecule has 118 valence electrons. The van der Waals surface area contributed by atoms with Gasteiger partial charge in [0.05, 0.1) is 19.1 Å². The van der Waals surface area contributed by atoms with Gasteiger partial charge in [-0.1, -0.05) is 12.1 Å². The predicted octanol–water partition coefficient (Wildman–Crippen LogP) is 1.83. The maximum absolute atomic E-state index is 11.9. The van der Waals surface area contributed by atoms with Gasteiger partial charge in [0.15, 0.2) is 0 Å². The molecule has 22 heavy (non-hydrogen) atoms. The molecular weight excluding hydrogens is 284 g/mol. The number of amides is 2. The van der Waals surface area contributed by atoms with Gasteiger partial charge in [-0.3, -0.25) is 9.69 Å². The zero-order chi connectivity index (χ0) is 15.4. The summed E-state index contributed by atoms with van der Waals surface area (Å²) in [7, 11) is 0. The van der Waals surface area contributed by atoms with E-state index >= 15 is 0 Å². The zero-order valence-corrected chi connectivity index (χ0v) is 12.4. The Morgan fingerprint density at radius 2 is 2.27 bits per heavy atom. The van der Waals surface area contributed by atoms with Crippen molar-refractivity contribution in [3.05, 3.63) is 29.8 Å². The van der Waals surface area contributed by atoms with E-state index in [0.29, 0.717) is 26.1 Å². The van der Waals surface area contributed by atoms with Crippen LogP contribution in [0.25, 0.3) is 0 Å². The molecule has 1 N–H and O–H groups in total. The molecule has 2 saturated heterocycles. The number of carbonyl (C=O) groups is 2. The van der Waals surface area contributed by atoms with Crippen molar-refractivity contribution >= 4 is 17.7 Å². The molecule has 6 heteroatoms. The second-order valence-electron chi connectivity index (χ2n) is 5.55. The molecule has 3 rings (SSSR count). The molecule has 1 atom stereocenters. The van der Waals surface area contributed by atoms with Gasteiger partial charge in [0.25, 0.3) is 0 Å². The Morgan fingerprint density at radius 1 is 1.36 bits per heavy atom. The average molecular weight is 304 g/mol. The van der Waals surface area contributed by atoms with Crippen LogP contribution in [0.15, 0.2) is 24.3 Å². The van der Waals surface area contributed by atoms with Crippen molar-refractivity contribution in [1.82, 2.24) is 5.32 Å². The lowest BCUT2D eigenvalue weighted by Crippen LogP contribution is -2.27. The maximum atomic E-state index is 11.9. The first-order chi connectivity index (χ1) is 10.7. The number of hydrogen-bond acceptors (Lipinski definition) is 4. The van der Waals surface area contributed by atoms with Crippen LogP contribution < -0.4 is 10.2 Å². The number of rotatable bonds is 5. The summed E-state index contributed by atoms with van der Waals surface area (Å²) in [5.41, 5.74) is 1.76. The van der Waals surface area contributed by atoms with Crippen molar-refractivity contribution in [3.8, 4) is 0 Å². The first kappa shape index (κ1) is 14.8. The first-order valence-corrected chi connectivity index (χ1v) is 7.64. The third kappa shape index (κ3) is 3.57. The highest BCUT2D eigenvalue weighted by Crippen LogP contribution is 2.20. The molecule has 2 heterocycles. The Morgan fingerprint density at radius 3 is 3.00 bits per heavy atom. The summed E-state index contributed by atoms with van der Waals surface area (Å²) in [5.74, 6) is -0.00196. The van der Waals surface area contributed by atoms with Gasteiger partial charge in [-0.05, 0) is 30.5 Å². The molecule has 2 aliphatic heterocycles. The molecule has 0 bridgehead atoms. The Kier molecular flexibility index (Phi) is 4.58. The smallest absolute Gasteiger partial charge is 0.414 e. The second kappa shape index (κ2) is 6.79. The largest absolute Gasteiger partial charge is 0.447 e. The van der Waals surface area contributed by atoms with Crippen LogP contribution in [-0.4, -0.2) is 37.9 Å². The van der Waals surface area contributed by atoms with Crippen LogP contribution in [-0.2, 0) is 20.8 Å². The summed E-state index contributed by atoms with van der Waals surface area (Å²) in [5, 5.41) is 2.90. The molecule has 0 aliphatic carbocycles. The SMILES string of the molecule is O=C(C[C@H]1CCCO1)NCc1cccc(N2CCOC2=O)c1. The van der Waals surface area contributed by atoms with Crippen LogP contribution in [0, 0.1) is 0 Å². The lowest BCUT2D eigenvalue weighted by Gasteiger charge is -2.14. The number of carbonyl (C=O) groups excluding carboxylic acids is 2. The molecule has 0 unspecified atom stereocenters. The number of nitrogens with one attached hydrogen (secondary N) is 1. The number of cyclic esters (lactones) is 1. The van der Waals surface area contributed by atoms with Gasteiger partial charge in [0.1, 0.15) is 6.61 Å². The average Bonchev–Trinajstić information content (AvgIpc) is 3.17. The van der Waals surface area contributed by atoms with Crippen LogP contribution in [0.2, 0.25) is 0 Å². The van der Waals surface area contributed by atoms with Crippen molar-refractivity contribution in [2.75, 3.05) is 24.7 Å². The van der Waals surface area contributed by atoms with E-state index in [1.807, 2.05) is 24.3 Å². The fourth-order valence-electron chi connectivity index (χ4n) is 2.75. The van der Waals surface area contributed by atoms with Gasteiger partial charge >= 0.3 is 6.09 Å². The molecular formula is C16H20N2O4. The van der Waals surface area contributed by atoms with E-state index in [0.717, 1.165) is 30.7 Å². The van der Waals surface area contributed by atoms with Gasteiger partial charge in [0, 0.05) is 18.8 Å². The number of anilines is 1. The molecule has 0 saturated carbocycles. The molecule has 0 radical (unpaired) electrons. The standard InChI is InChI=1S/C16H20N2O4/c19-15(10-14-5-2-7-21-14)17-11-12-3-1-4-13(9-12)18-6-8-22-16(18)20/h1,3-4,9,14H,2,5-8,10-11H2,(H,17,19)/t14-/m1/s1. The van der Waals surface area contributed by atoms with E-state index in [4.69, 9.17) is 9.47 Å². The van der Waals surface area contributed by atoms with E-state index in [2.05, 4.69) is 5.32 Å². The Labute approximate surface area is 129 Å². The minimum Gasteiger partial charge on any atom is -0.447 e. The summed E-state index contributed by atoms with van der Waals surface area (Å²) in [6.07, 6.45) is 2.15. The highest BCUT2D eigenvalue weighted by molar-refractivity contribution is 5.89. The van der Waals surface area contributed by atoms with Crippen LogP contribution in [0.3, 0.4) is 0 Å². The number of ether oxygens (including phenoxy) is 2. The monoisotopic (exact) mass is 304 g/mol. The van der Waals surface area contributed by atoms with Gasteiger partial charge in [0.2, 0.25) is 5.91 Å². The molecule has 2 fully saturated rings. The molecule has 1 aromatic carbocycles. The fraction of sp³-hybridized carbons (Fsp3) is 0.500. The van der Waals surface area contributed by atoms with Crippen molar-refractivity contribution in [2.45, 2.75) is 31.9 Å². The quantitative estimate of drug-likeness (QED) is 0.901. The summed E-state index contributed by atoms with van der Waals surface area (Å²) >= 11 is 0. The summed E-state index contributed by atoms with van der Waals surface area (Å²) in [6.45, 7) is 2.18. The minimum atomic E-state index is -0.320. The Hall–Kier alpha value is -2.08. The maximum Gasteiger partial charge on any atom is 0.414 e. The normalized spacial score (nSPS) is 21.0. The number of benzene rings is 1. The Balaban J connectivity index is 1.54. The lowest BCUT2D eigenvalue weighted by molar-refractivity contribution is -0.123. The predicted molar refractivity (Wildman–Crippen MR) is 80.6 cm³/mol. The first-order valence-electron chi connectivity index (χ1n) is 7.64. The van der Waals surface area contributed by atoms with Crippen molar-refractivity contribution in [2.24, 2.45) is 0 Å². The number of nitrogens with zero attached hydrogens (tertiary/aromatic N) is 1. The Bertz CT molecular complexity index is 555.